The molecule has 0 atom stereocenters. The van der Waals surface area contributed by atoms with Gasteiger partial charge in [0.15, 0.2) is 0 Å². The van der Waals surface area contributed by atoms with Crippen LogP contribution in [-0.4, -0.2) is 51.7 Å². The van der Waals surface area contributed by atoms with Crippen LogP contribution in [0.25, 0.3) is 0 Å². The maximum atomic E-state index is 13.2. The zero-order chi connectivity index (χ0) is 16.4. The number of halogens is 1. The van der Waals surface area contributed by atoms with Gasteiger partial charge in [0.25, 0.3) is 5.91 Å². The summed E-state index contributed by atoms with van der Waals surface area (Å²) in [5, 5.41) is 4.23. The van der Waals surface area contributed by atoms with Crippen LogP contribution in [0.2, 0.25) is 0 Å². The summed E-state index contributed by atoms with van der Waals surface area (Å²) in [4.78, 5) is 16.6. The minimum Gasteiger partial charge on any atom is -0.335 e. The summed E-state index contributed by atoms with van der Waals surface area (Å²) in [6, 6.07) is 8.50. The number of hydrogen-bond acceptors (Lipinski definition) is 3. The highest BCUT2D eigenvalue weighted by Gasteiger charge is 2.24. The molecular weight excluding hydrogens is 295 g/mol. The van der Waals surface area contributed by atoms with Gasteiger partial charge < -0.3 is 4.90 Å². The van der Waals surface area contributed by atoms with E-state index in [0.29, 0.717) is 25.3 Å². The Morgan fingerprint density at radius 3 is 2.57 bits per heavy atom. The van der Waals surface area contributed by atoms with Gasteiger partial charge in [-0.15, -0.1) is 0 Å². The van der Waals surface area contributed by atoms with E-state index in [1.165, 1.54) is 6.07 Å². The van der Waals surface area contributed by atoms with Crippen LogP contribution in [0.4, 0.5) is 4.39 Å². The molecular formula is C17H21FN4O. The van der Waals surface area contributed by atoms with E-state index in [2.05, 4.69) is 10.00 Å². The maximum absolute atomic E-state index is 13.2. The molecule has 2 aromatic rings. The molecule has 0 aliphatic carbocycles. The zero-order valence-electron chi connectivity index (χ0n) is 13.5. The Labute approximate surface area is 135 Å². The largest absolute Gasteiger partial charge is 0.335 e. The summed E-state index contributed by atoms with van der Waals surface area (Å²) >= 11 is 0. The first-order chi connectivity index (χ1) is 11.0. The first-order valence-corrected chi connectivity index (χ1v) is 7.79. The van der Waals surface area contributed by atoms with E-state index in [1.807, 2.05) is 24.0 Å². The topological polar surface area (TPSA) is 41.4 Å². The third-order valence-electron chi connectivity index (χ3n) is 4.18. The second kappa shape index (κ2) is 6.50. The molecule has 5 nitrogen and oxygen atoms in total. The molecule has 1 aliphatic rings. The predicted octanol–water partition coefficient (Wildman–Crippen LogP) is 1.83. The van der Waals surface area contributed by atoms with E-state index in [9.17, 15) is 9.18 Å². The van der Waals surface area contributed by atoms with Crippen molar-refractivity contribution < 1.29 is 9.18 Å². The van der Waals surface area contributed by atoms with Crippen LogP contribution in [0.1, 0.15) is 21.7 Å². The molecule has 6 heteroatoms. The second-order valence-electron chi connectivity index (χ2n) is 5.99. The Kier molecular flexibility index (Phi) is 4.43. The van der Waals surface area contributed by atoms with E-state index in [-0.39, 0.29) is 11.7 Å². The Balaban J connectivity index is 1.58. The summed E-state index contributed by atoms with van der Waals surface area (Å²) in [6.45, 7) is 5.53. The molecule has 2 heterocycles. The van der Waals surface area contributed by atoms with Crippen LogP contribution in [0.3, 0.4) is 0 Å². The molecule has 1 saturated heterocycles. The number of carbonyl (C=O) groups excluding carboxylic acids is 1. The minimum absolute atomic E-state index is 0.0264. The number of rotatable bonds is 3. The van der Waals surface area contributed by atoms with E-state index >= 15 is 0 Å². The van der Waals surface area contributed by atoms with Gasteiger partial charge in [-0.3, -0.25) is 14.4 Å². The number of aryl methyl sites for hydroxylation is 2. The standard InChI is InChI=1S/C17H21FN4O/c1-13-10-16(20(2)19-13)17(23)22-8-6-21(7-9-22)12-14-4-3-5-15(18)11-14/h3-5,10-11H,6-9,12H2,1-2H3. The lowest BCUT2D eigenvalue weighted by Gasteiger charge is -2.34. The van der Waals surface area contributed by atoms with Crippen molar-refractivity contribution in [2.24, 2.45) is 7.05 Å². The second-order valence-corrected chi connectivity index (χ2v) is 5.99. The number of piperazine rings is 1. The van der Waals surface area contributed by atoms with Crippen molar-refractivity contribution in [2.45, 2.75) is 13.5 Å². The van der Waals surface area contributed by atoms with E-state index in [0.717, 1.165) is 24.3 Å². The Hall–Kier alpha value is -2.21. The molecule has 0 saturated carbocycles. The lowest BCUT2D eigenvalue weighted by atomic mass is 10.2. The van der Waals surface area contributed by atoms with Gasteiger partial charge in [-0.05, 0) is 30.7 Å². The van der Waals surface area contributed by atoms with Crippen LogP contribution < -0.4 is 0 Å². The first-order valence-electron chi connectivity index (χ1n) is 7.79. The Morgan fingerprint density at radius 2 is 1.96 bits per heavy atom. The molecule has 122 valence electrons. The SMILES string of the molecule is Cc1cc(C(=O)N2CCN(Cc3cccc(F)c3)CC2)n(C)n1. The smallest absolute Gasteiger partial charge is 0.272 e. The summed E-state index contributed by atoms with van der Waals surface area (Å²) in [5.74, 6) is -0.179. The molecule has 1 aromatic carbocycles. The normalized spacial score (nSPS) is 15.9. The van der Waals surface area contributed by atoms with Crippen LogP contribution in [0, 0.1) is 12.7 Å². The number of nitrogens with zero attached hydrogens (tertiary/aromatic N) is 4. The van der Waals surface area contributed by atoms with E-state index in [1.54, 1.807) is 23.9 Å². The Morgan fingerprint density at radius 1 is 1.22 bits per heavy atom. The molecule has 1 aliphatic heterocycles. The van der Waals surface area contributed by atoms with Gasteiger partial charge in [-0.25, -0.2) is 4.39 Å². The average Bonchev–Trinajstić information content (AvgIpc) is 2.86. The average molecular weight is 316 g/mol. The summed E-state index contributed by atoms with van der Waals surface area (Å²) < 4.78 is 14.9. The van der Waals surface area contributed by atoms with Gasteiger partial charge in [0.05, 0.1) is 5.69 Å². The van der Waals surface area contributed by atoms with Crippen molar-refractivity contribution in [3.05, 3.63) is 53.1 Å². The van der Waals surface area contributed by atoms with Crippen LogP contribution in [0.15, 0.2) is 30.3 Å². The fourth-order valence-corrected chi connectivity index (χ4v) is 2.98. The van der Waals surface area contributed by atoms with Gasteiger partial charge in [-0.1, -0.05) is 12.1 Å². The summed E-state index contributed by atoms with van der Waals surface area (Å²) in [5.41, 5.74) is 2.44. The highest BCUT2D eigenvalue weighted by Crippen LogP contribution is 2.13. The lowest BCUT2D eigenvalue weighted by molar-refractivity contribution is 0.0617. The fourth-order valence-electron chi connectivity index (χ4n) is 2.98. The molecule has 0 bridgehead atoms. The summed E-state index contributed by atoms with van der Waals surface area (Å²) in [6.07, 6.45) is 0. The van der Waals surface area contributed by atoms with Crippen molar-refractivity contribution in [1.82, 2.24) is 19.6 Å². The van der Waals surface area contributed by atoms with E-state index in [4.69, 9.17) is 0 Å². The fraction of sp³-hybridized carbons (Fsp3) is 0.412. The predicted molar refractivity (Wildman–Crippen MR) is 85.5 cm³/mol. The van der Waals surface area contributed by atoms with Crippen molar-refractivity contribution in [3.8, 4) is 0 Å². The van der Waals surface area contributed by atoms with Crippen LogP contribution in [-0.2, 0) is 13.6 Å². The van der Waals surface area contributed by atoms with E-state index < -0.39 is 0 Å². The minimum atomic E-state index is -0.206. The van der Waals surface area contributed by atoms with Crippen molar-refractivity contribution in [2.75, 3.05) is 26.2 Å². The van der Waals surface area contributed by atoms with Gasteiger partial charge in [0.1, 0.15) is 11.5 Å². The van der Waals surface area contributed by atoms with Crippen molar-refractivity contribution in [1.29, 1.82) is 0 Å². The van der Waals surface area contributed by atoms with Gasteiger partial charge in [0.2, 0.25) is 0 Å². The molecule has 1 aromatic heterocycles. The zero-order valence-corrected chi connectivity index (χ0v) is 13.5. The number of aromatic nitrogens is 2. The number of hydrogen-bond donors (Lipinski definition) is 0. The summed E-state index contributed by atoms with van der Waals surface area (Å²) in [7, 11) is 1.79. The molecule has 23 heavy (non-hydrogen) atoms. The van der Waals surface area contributed by atoms with Crippen molar-refractivity contribution in [3.63, 3.8) is 0 Å². The molecule has 1 fully saturated rings. The maximum Gasteiger partial charge on any atom is 0.272 e. The number of carbonyl (C=O) groups is 1. The number of benzene rings is 1. The lowest BCUT2D eigenvalue weighted by Crippen LogP contribution is -2.48. The van der Waals surface area contributed by atoms with Crippen LogP contribution in [0.5, 0.6) is 0 Å². The Bertz CT molecular complexity index is 704. The quantitative estimate of drug-likeness (QED) is 0.867. The van der Waals surface area contributed by atoms with Gasteiger partial charge in [0, 0.05) is 39.8 Å². The highest BCUT2D eigenvalue weighted by molar-refractivity contribution is 5.92. The molecule has 0 radical (unpaired) electrons. The third-order valence-corrected chi connectivity index (χ3v) is 4.18. The molecule has 0 unspecified atom stereocenters. The highest BCUT2D eigenvalue weighted by atomic mass is 19.1. The van der Waals surface area contributed by atoms with Gasteiger partial charge in [-0.2, -0.15) is 5.10 Å². The monoisotopic (exact) mass is 316 g/mol. The molecule has 3 rings (SSSR count). The molecule has 1 amide bonds. The third kappa shape index (κ3) is 3.59. The molecule has 0 spiro atoms. The molecule has 0 N–H and O–H groups in total. The van der Waals surface area contributed by atoms with Crippen molar-refractivity contribution >= 4 is 5.91 Å². The van der Waals surface area contributed by atoms with Crippen LogP contribution >= 0.6 is 0 Å². The number of amides is 1. The first kappa shape index (κ1) is 15.7. The van der Waals surface area contributed by atoms with Gasteiger partial charge >= 0.3 is 0 Å².